The first-order chi connectivity index (χ1) is 12.0. The first-order valence-electron chi connectivity index (χ1n) is 7.19. The molecule has 130 valence electrons. The van der Waals surface area contributed by atoms with Gasteiger partial charge in [-0.2, -0.15) is 0 Å². The van der Waals surface area contributed by atoms with Crippen molar-refractivity contribution in [3.63, 3.8) is 0 Å². The Bertz CT molecular complexity index is 738. The number of aromatic carboxylic acids is 1. The van der Waals surface area contributed by atoms with E-state index in [1.54, 1.807) is 4.90 Å². The number of rotatable bonds is 3. The molecule has 1 aliphatic heterocycles. The van der Waals surface area contributed by atoms with Gasteiger partial charge in [0.25, 0.3) is 5.91 Å². The van der Waals surface area contributed by atoms with Gasteiger partial charge in [-0.1, -0.05) is 11.8 Å². The molecule has 25 heavy (non-hydrogen) atoms. The Morgan fingerprint density at radius 1 is 1.04 bits per heavy atom. The van der Waals surface area contributed by atoms with Crippen molar-refractivity contribution >= 4 is 28.8 Å². The van der Waals surface area contributed by atoms with Crippen LogP contribution in [0.2, 0.25) is 0 Å². The number of aromatic nitrogens is 4. The number of carbonyl (C=O) groups excluding carboxylic acids is 2. The van der Waals surface area contributed by atoms with Crippen LogP contribution in [0.1, 0.15) is 27.9 Å². The molecule has 1 saturated heterocycles. The molecular weight excluding hydrogens is 346 g/mol. The summed E-state index contributed by atoms with van der Waals surface area (Å²) >= 11 is 1.29. The lowest BCUT2D eigenvalue weighted by molar-refractivity contribution is -0.109. The molecule has 2 aromatic heterocycles. The van der Waals surface area contributed by atoms with Gasteiger partial charge in [0.2, 0.25) is 0 Å². The number of amides is 1. The lowest BCUT2D eigenvalue weighted by Gasteiger charge is -2.37. The third-order valence-electron chi connectivity index (χ3n) is 3.03. The SMILES string of the molecule is CC(=O)SC1CN(C(=O)c2cnccn2)C1.O=C(O)c1cnccn1. The summed E-state index contributed by atoms with van der Waals surface area (Å²) in [5.41, 5.74) is 0.325. The highest BCUT2D eigenvalue weighted by Gasteiger charge is 2.33. The van der Waals surface area contributed by atoms with E-state index in [-0.39, 0.29) is 22.0 Å². The predicted octanol–water partition coefficient (Wildman–Crippen LogP) is 0.755. The van der Waals surface area contributed by atoms with Crippen molar-refractivity contribution in [2.75, 3.05) is 13.1 Å². The third kappa shape index (κ3) is 5.60. The fourth-order valence-corrected chi connectivity index (χ4v) is 2.87. The number of hydrogen-bond acceptors (Lipinski definition) is 8. The molecule has 10 heteroatoms. The molecule has 0 saturated carbocycles. The van der Waals surface area contributed by atoms with Crippen molar-refractivity contribution in [1.82, 2.24) is 24.8 Å². The summed E-state index contributed by atoms with van der Waals surface area (Å²) < 4.78 is 0. The van der Waals surface area contributed by atoms with Crippen molar-refractivity contribution in [2.45, 2.75) is 12.2 Å². The highest BCUT2D eigenvalue weighted by molar-refractivity contribution is 8.14. The van der Waals surface area contributed by atoms with E-state index in [1.165, 1.54) is 55.9 Å². The zero-order chi connectivity index (χ0) is 18.2. The Balaban J connectivity index is 0.000000212. The summed E-state index contributed by atoms with van der Waals surface area (Å²) in [4.78, 5) is 49.3. The quantitative estimate of drug-likeness (QED) is 0.842. The molecule has 1 N–H and O–H groups in total. The second kappa shape index (κ2) is 8.83. The second-order valence-electron chi connectivity index (χ2n) is 4.93. The molecular formula is C15H15N5O4S. The van der Waals surface area contributed by atoms with Crippen LogP contribution >= 0.6 is 11.8 Å². The molecule has 0 aromatic carbocycles. The van der Waals surface area contributed by atoms with Gasteiger partial charge in [0.05, 0.1) is 12.4 Å². The van der Waals surface area contributed by atoms with Crippen molar-refractivity contribution in [2.24, 2.45) is 0 Å². The molecule has 0 radical (unpaired) electrons. The van der Waals surface area contributed by atoms with E-state index in [0.29, 0.717) is 18.8 Å². The number of thioether (sulfide) groups is 1. The summed E-state index contributed by atoms with van der Waals surface area (Å²) in [7, 11) is 0. The summed E-state index contributed by atoms with van der Waals surface area (Å²) in [6.45, 7) is 2.76. The zero-order valence-corrected chi connectivity index (χ0v) is 14.1. The van der Waals surface area contributed by atoms with Crippen molar-refractivity contribution in [1.29, 1.82) is 0 Å². The van der Waals surface area contributed by atoms with Gasteiger partial charge in [-0.05, 0) is 0 Å². The molecule has 0 spiro atoms. The van der Waals surface area contributed by atoms with Crippen LogP contribution in [0.5, 0.6) is 0 Å². The number of likely N-dealkylation sites (tertiary alicyclic amines) is 1. The normalized spacial score (nSPS) is 13.2. The smallest absolute Gasteiger partial charge is 0.356 e. The fraction of sp³-hybridized carbons (Fsp3) is 0.267. The average molecular weight is 361 g/mol. The summed E-state index contributed by atoms with van der Waals surface area (Å²) in [5.74, 6) is -1.17. The van der Waals surface area contributed by atoms with Crippen molar-refractivity contribution in [3.8, 4) is 0 Å². The summed E-state index contributed by atoms with van der Waals surface area (Å²) in [6.07, 6.45) is 8.43. The average Bonchev–Trinajstić information content (AvgIpc) is 2.59. The lowest BCUT2D eigenvalue weighted by atomic mass is 10.2. The molecule has 0 bridgehead atoms. The number of hydrogen-bond donors (Lipinski definition) is 1. The monoisotopic (exact) mass is 361 g/mol. The van der Waals surface area contributed by atoms with Crippen LogP contribution in [0.25, 0.3) is 0 Å². The van der Waals surface area contributed by atoms with E-state index >= 15 is 0 Å². The maximum Gasteiger partial charge on any atom is 0.356 e. The molecule has 0 aliphatic carbocycles. The number of carboxylic acids is 1. The summed E-state index contributed by atoms with van der Waals surface area (Å²) in [5, 5.41) is 8.61. The Labute approximate surface area is 147 Å². The van der Waals surface area contributed by atoms with Crippen LogP contribution in [0.3, 0.4) is 0 Å². The molecule has 3 heterocycles. The van der Waals surface area contributed by atoms with Crippen LogP contribution in [-0.2, 0) is 4.79 Å². The van der Waals surface area contributed by atoms with E-state index in [4.69, 9.17) is 5.11 Å². The molecule has 0 atom stereocenters. The number of carboxylic acid groups (broad SMARTS) is 1. The van der Waals surface area contributed by atoms with E-state index in [0.717, 1.165) is 0 Å². The van der Waals surface area contributed by atoms with E-state index in [9.17, 15) is 14.4 Å². The number of carbonyl (C=O) groups is 3. The van der Waals surface area contributed by atoms with Crippen LogP contribution in [0, 0.1) is 0 Å². The minimum absolute atomic E-state index is 0.0301. The van der Waals surface area contributed by atoms with Crippen molar-refractivity contribution < 1.29 is 19.5 Å². The van der Waals surface area contributed by atoms with Crippen LogP contribution in [0.4, 0.5) is 0 Å². The molecule has 2 aromatic rings. The van der Waals surface area contributed by atoms with Gasteiger partial charge in [0.15, 0.2) is 10.8 Å². The largest absolute Gasteiger partial charge is 0.476 e. The van der Waals surface area contributed by atoms with Crippen LogP contribution < -0.4 is 0 Å². The van der Waals surface area contributed by atoms with Gasteiger partial charge in [-0.3, -0.25) is 19.6 Å². The Morgan fingerprint density at radius 2 is 1.60 bits per heavy atom. The zero-order valence-electron chi connectivity index (χ0n) is 13.3. The van der Waals surface area contributed by atoms with E-state index in [1.807, 2.05) is 0 Å². The molecule has 1 fully saturated rings. The Hall–Kier alpha value is -2.88. The van der Waals surface area contributed by atoms with Crippen LogP contribution in [0.15, 0.2) is 37.2 Å². The van der Waals surface area contributed by atoms with Gasteiger partial charge < -0.3 is 10.0 Å². The Morgan fingerprint density at radius 3 is 2.00 bits per heavy atom. The van der Waals surface area contributed by atoms with Gasteiger partial charge in [0.1, 0.15) is 5.69 Å². The highest BCUT2D eigenvalue weighted by atomic mass is 32.2. The molecule has 1 aliphatic rings. The lowest BCUT2D eigenvalue weighted by Crippen LogP contribution is -2.52. The maximum absolute atomic E-state index is 11.8. The number of nitrogens with zero attached hydrogens (tertiary/aromatic N) is 5. The molecule has 9 nitrogen and oxygen atoms in total. The fourth-order valence-electron chi connectivity index (χ4n) is 1.89. The first-order valence-corrected chi connectivity index (χ1v) is 8.07. The maximum atomic E-state index is 11.8. The minimum Gasteiger partial charge on any atom is -0.476 e. The van der Waals surface area contributed by atoms with Gasteiger partial charge >= 0.3 is 5.97 Å². The Kier molecular flexibility index (Phi) is 6.52. The standard InChI is InChI=1S/C10H11N3O2S.C5H4N2O2/c1-7(14)16-8-5-13(6-8)10(15)9-4-11-2-3-12-9;8-5(9)4-3-6-1-2-7-4/h2-4,8H,5-6H2,1H3;1-3H,(H,8,9). The topological polar surface area (TPSA) is 126 Å². The second-order valence-corrected chi connectivity index (χ2v) is 6.41. The molecule has 1 amide bonds. The van der Waals surface area contributed by atoms with E-state index in [2.05, 4.69) is 19.9 Å². The highest BCUT2D eigenvalue weighted by Crippen LogP contribution is 2.23. The van der Waals surface area contributed by atoms with Crippen molar-refractivity contribution in [3.05, 3.63) is 48.6 Å². The summed E-state index contributed by atoms with van der Waals surface area (Å²) in [6, 6.07) is 0. The molecule has 3 rings (SSSR count). The molecule has 0 unspecified atom stereocenters. The van der Waals surface area contributed by atoms with Gasteiger partial charge in [-0.15, -0.1) is 0 Å². The third-order valence-corrected chi connectivity index (χ3v) is 4.00. The van der Waals surface area contributed by atoms with Gasteiger partial charge in [-0.25, -0.2) is 14.8 Å². The minimum atomic E-state index is -1.05. The predicted molar refractivity (Wildman–Crippen MR) is 89.0 cm³/mol. The van der Waals surface area contributed by atoms with E-state index < -0.39 is 5.97 Å². The first kappa shape index (κ1) is 18.5. The van der Waals surface area contributed by atoms with Gasteiger partial charge in [0, 0.05) is 50.1 Å². The van der Waals surface area contributed by atoms with Crippen LogP contribution in [-0.4, -0.2) is 65.3 Å².